The molecule has 9 heteroatoms. The number of aromatic nitrogens is 1. The van der Waals surface area contributed by atoms with Gasteiger partial charge in [0.05, 0.1) is 12.8 Å². The maximum Gasteiger partial charge on any atom is 0.221 e. The van der Waals surface area contributed by atoms with Crippen molar-refractivity contribution in [1.29, 1.82) is 0 Å². The lowest BCUT2D eigenvalue weighted by atomic mass is 10.0. The topological polar surface area (TPSA) is 80.5 Å². The quantitative estimate of drug-likeness (QED) is 0.629. The zero-order chi connectivity index (χ0) is 19.1. The van der Waals surface area contributed by atoms with E-state index in [0.717, 1.165) is 41.5 Å². The Kier molecular flexibility index (Phi) is 11.5. The standard InChI is InChI=1S/C20H28N4O2S.2ClH/c1-26-18-7-5-15(6-8-18)20-23-16(14-27-20)13-24-11-3-2-4-17(24)12-22-19(25)9-10-21;;/h5-8,14,17H,2-4,9-13,21H2,1H3,(H,22,25);2*1H. The zero-order valence-electron chi connectivity index (χ0n) is 16.6. The van der Waals surface area contributed by atoms with Crippen molar-refractivity contribution in [2.45, 2.75) is 38.3 Å². The number of hydrogen-bond acceptors (Lipinski definition) is 6. The van der Waals surface area contributed by atoms with Crippen LogP contribution in [0.4, 0.5) is 0 Å². The molecular weight excluding hydrogens is 431 g/mol. The molecule has 0 radical (unpaired) electrons. The van der Waals surface area contributed by atoms with Crippen molar-refractivity contribution in [3.8, 4) is 16.3 Å². The number of piperidine rings is 1. The second-order valence-electron chi connectivity index (χ2n) is 6.84. The highest BCUT2D eigenvalue weighted by atomic mass is 35.5. The first kappa shape index (κ1) is 25.7. The van der Waals surface area contributed by atoms with Crippen molar-refractivity contribution < 1.29 is 9.53 Å². The summed E-state index contributed by atoms with van der Waals surface area (Å²) in [6.07, 6.45) is 3.91. The molecular formula is C20H30Cl2N4O2S. The molecule has 1 aliphatic heterocycles. The predicted octanol–water partition coefficient (Wildman–Crippen LogP) is 3.48. The van der Waals surface area contributed by atoms with E-state index >= 15 is 0 Å². The zero-order valence-corrected chi connectivity index (χ0v) is 19.1. The number of carbonyl (C=O) groups excluding carboxylic acids is 1. The highest BCUT2D eigenvalue weighted by molar-refractivity contribution is 7.13. The fraction of sp³-hybridized carbons (Fsp3) is 0.500. The third-order valence-corrected chi connectivity index (χ3v) is 5.85. The molecule has 29 heavy (non-hydrogen) atoms. The third-order valence-electron chi connectivity index (χ3n) is 4.91. The third kappa shape index (κ3) is 7.42. The van der Waals surface area contributed by atoms with Crippen LogP contribution >= 0.6 is 36.2 Å². The molecule has 0 aliphatic carbocycles. The van der Waals surface area contributed by atoms with Gasteiger partial charge in [0.2, 0.25) is 5.91 Å². The largest absolute Gasteiger partial charge is 0.497 e. The number of nitrogens with one attached hydrogen (secondary N) is 1. The summed E-state index contributed by atoms with van der Waals surface area (Å²) in [6, 6.07) is 8.37. The van der Waals surface area contributed by atoms with Gasteiger partial charge in [-0.05, 0) is 43.7 Å². The molecule has 1 saturated heterocycles. The summed E-state index contributed by atoms with van der Waals surface area (Å²) >= 11 is 1.67. The van der Waals surface area contributed by atoms with Crippen molar-refractivity contribution in [2.75, 3.05) is 26.7 Å². The van der Waals surface area contributed by atoms with Crippen molar-refractivity contribution in [2.24, 2.45) is 5.73 Å². The van der Waals surface area contributed by atoms with Gasteiger partial charge in [0.1, 0.15) is 10.8 Å². The number of halogens is 2. The van der Waals surface area contributed by atoms with Crippen LogP contribution in [0.15, 0.2) is 29.6 Å². The van der Waals surface area contributed by atoms with Crippen LogP contribution in [0.3, 0.4) is 0 Å². The Bertz CT molecular complexity index is 742. The predicted molar refractivity (Wildman–Crippen MR) is 123 cm³/mol. The second kappa shape index (κ2) is 13.0. The Balaban J connectivity index is 0.00000210. The van der Waals surface area contributed by atoms with Gasteiger partial charge in [-0.15, -0.1) is 36.2 Å². The number of carbonyl (C=O) groups is 1. The Hall–Kier alpha value is -1.38. The van der Waals surface area contributed by atoms with Crippen molar-refractivity contribution >= 4 is 42.1 Å². The number of methoxy groups -OCH3 is 1. The molecule has 162 valence electrons. The Morgan fingerprint density at radius 2 is 2.07 bits per heavy atom. The number of amides is 1. The fourth-order valence-corrected chi connectivity index (χ4v) is 4.22. The number of rotatable bonds is 8. The molecule has 2 aromatic rings. The highest BCUT2D eigenvalue weighted by Crippen LogP contribution is 2.27. The van der Waals surface area contributed by atoms with Crippen LogP contribution < -0.4 is 15.8 Å². The van der Waals surface area contributed by atoms with Crippen molar-refractivity contribution in [1.82, 2.24) is 15.2 Å². The molecule has 1 aromatic heterocycles. The minimum Gasteiger partial charge on any atom is -0.497 e. The average Bonchev–Trinajstić information content (AvgIpc) is 3.16. The van der Waals surface area contributed by atoms with Crippen LogP contribution in [0, 0.1) is 0 Å². The van der Waals surface area contributed by atoms with E-state index in [1.807, 2.05) is 24.3 Å². The SMILES string of the molecule is COc1ccc(-c2nc(CN3CCCCC3CNC(=O)CCN)cs2)cc1.Cl.Cl. The smallest absolute Gasteiger partial charge is 0.221 e. The highest BCUT2D eigenvalue weighted by Gasteiger charge is 2.23. The molecule has 0 spiro atoms. The van der Waals surface area contributed by atoms with Crippen molar-refractivity contribution in [3.05, 3.63) is 35.3 Å². The van der Waals surface area contributed by atoms with E-state index in [9.17, 15) is 4.79 Å². The number of ether oxygens (including phenoxy) is 1. The van der Waals surface area contributed by atoms with Crippen LogP contribution in [0.2, 0.25) is 0 Å². The summed E-state index contributed by atoms with van der Waals surface area (Å²) in [5.74, 6) is 0.891. The summed E-state index contributed by atoms with van der Waals surface area (Å²) in [7, 11) is 1.67. The van der Waals surface area contributed by atoms with Crippen LogP contribution in [-0.2, 0) is 11.3 Å². The monoisotopic (exact) mass is 460 g/mol. The molecule has 1 unspecified atom stereocenters. The molecule has 6 nitrogen and oxygen atoms in total. The summed E-state index contributed by atoms with van der Waals surface area (Å²) in [5.41, 5.74) is 7.65. The van der Waals surface area contributed by atoms with E-state index in [1.54, 1.807) is 18.4 Å². The van der Waals surface area contributed by atoms with Crippen LogP contribution in [0.1, 0.15) is 31.4 Å². The number of nitrogens with zero attached hydrogens (tertiary/aromatic N) is 2. The Morgan fingerprint density at radius 3 is 2.76 bits per heavy atom. The summed E-state index contributed by atoms with van der Waals surface area (Å²) < 4.78 is 5.22. The van der Waals surface area contributed by atoms with Crippen molar-refractivity contribution in [3.63, 3.8) is 0 Å². The maximum atomic E-state index is 11.7. The van der Waals surface area contributed by atoms with Gasteiger partial charge in [0.15, 0.2) is 0 Å². The second-order valence-corrected chi connectivity index (χ2v) is 7.69. The van der Waals surface area contributed by atoms with Gasteiger partial charge in [-0.1, -0.05) is 6.42 Å². The lowest BCUT2D eigenvalue weighted by Crippen LogP contribution is -2.46. The van der Waals surface area contributed by atoms with Gasteiger partial charge in [0, 0.05) is 43.0 Å². The normalized spacial score (nSPS) is 16.4. The van der Waals surface area contributed by atoms with E-state index in [0.29, 0.717) is 25.6 Å². The summed E-state index contributed by atoms with van der Waals surface area (Å²) in [5, 5.41) is 6.18. The average molecular weight is 461 g/mol. The molecule has 3 rings (SSSR count). The maximum absolute atomic E-state index is 11.7. The number of benzene rings is 1. The molecule has 0 bridgehead atoms. The minimum absolute atomic E-state index is 0. The lowest BCUT2D eigenvalue weighted by Gasteiger charge is -2.35. The number of hydrogen-bond donors (Lipinski definition) is 2. The molecule has 0 saturated carbocycles. The van der Waals surface area contributed by atoms with Crippen LogP contribution in [0.25, 0.3) is 10.6 Å². The first-order valence-electron chi connectivity index (χ1n) is 9.49. The molecule has 3 N–H and O–H groups in total. The van der Waals surface area contributed by atoms with Gasteiger partial charge in [-0.2, -0.15) is 0 Å². The minimum atomic E-state index is 0. The molecule has 1 fully saturated rings. The number of likely N-dealkylation sites (tertiary alicyclic amines) is 1. The van der Waals surface area contributed by atoms with E-state index in [2.05, 4.69) is 15.6 Å². The summed E-state index contributed by atoms with van der Waals surface area (Å²) in [6.45, 7) is 2.96. The Morgan fingerprint density at radius 1 is 1.31 bits per heavy atom. The van der Waals surface area contributed by atoms with Crippen LogP contribution in [0.5, 0.6) is 5.75 Å². The van der Waals surface area contributed by atoms with E-state index in [-0.39, 0.29) is 30.7 Å². The van der Waals surface area contributed by atoms with E-state index in [4.69, 9.17) is 15.5 Å². The fourth-order valence-electron chi connectivity index (χ4n) is 3.40. The van der Waals surface area contributed by atoms with Gasteiger partial charge < -0.3 is 15.8 Å². The van der Waals surface area contributed by atoms with E-state index in [1.165, 1.54) is 12.8 Å². The Labute approximate surface area is 189 Å². The first-order chi connectivity index (χ1) is 13.2. The van der Waals surface area contributed by atoms with Gasteiger partial charge >= 0.3 is 0 Å². The molecule has 2 heterocycles. The summed E-state index contributed by atoms with van der Waals surface area (Å²) in [4.78, 5) is 19.0. The lowest BCUT2D eigenvalue weighted by molar-refractivity contribution is -0.121. The van der Waals surface area contributed by atoms with Gasteiger partial charge in [0.25, 0.3) is 0 Å². The number of nitrogens with two attached hydrogens (primary N) is 1. The van der Waals surface area contributed by atoms with Gasteiger partial charge in [-0.3, -0.25) is 9.69 Å². The first-order valence-corrected chi connectivity index (χ1v) is 10.4. The molecule has 1 aliphatic rings. The molecule has 1 aromatic carbocycles. The molecule has 1 amide bonds. The van der Waals surface area contributed by atoms with Crippen LogP contribution in [-0.4, -0.2) is 48.6 Å². The molecule has 1 atom stereocenters. The van der Waals surface area contributed by atoms with Gasteiger partial charge in [-0.25, -0.2) is 4.98 Å². The van der Waals surface area contributed by atoms with E-state index < -0.39 is 0 Å². The number of thiazole rings is 1.